The number of aliphatic carboxylic acids is 1. The Morgan fingerprint density at radius 2 is 2.00 bits per heavy atom. The van der Waals surface area contributed by atoms with Gasteiger partial charge in [-0.05, 0) is 12.5 Å². The number of carbonyl (C=O) groups is 2. The third-order valence-electron chi connectivity index (χ3n) is 3.19. The van der Waals surface area contributed by atoms with E-state index < -0.39 is 5.97 Å². The minimum atomic E-state index is -0.854. The van der Waals surface area contributed by atoms with E-state index in [2.05, 4.69) is 4.98 Å². The molecule has 2 heterocycles. The molecule has 0 unspecified atom stereocenters. The number of halogens is 2. The molecule has 0 aliphatic carbocycles. The maximum absolute atomic E-state index is 12.3. The van der Waals surface area contributed by atoms with Gasteiger partial charge in [-0.3, -0.25) is 14.5 Å². The van der Waals surface area contributed by atoms with Gasteiger partial charge >= 0.3 is 5.97 Å². The molecule has 0 aromatic carbocycles. The number of hydrogen-bond donors (Lipinski definition) is 2. The Kier molecular flexibility index (Phi) is 4.91. The Bertz CT molecular complexity index is 499. The lowest BCUT2D eigenvalue weighted by atomic mass is 10.3. The smallest absolute Gasteiger partial charge is 0.317 e. The number of H-pyrrole nitrogens is 1. The monoisotopic (exact) mass is 319 g/mol. The summed E-state index contributed by atoms with van der Waals surface area (Å²) < 4.78 is 0. The summed E-state index contributed by atoms with van der Waals surface area (Å²) in [6, 6.07) is 1.51. The van der Waals surface area contributed by atoms with E-state index in [1.165, 1.54) is 6.07 Å². The van der Waals surface area contributed by atoms with E-state index in [1.54, 1.807) is 4.90 Å². The average Bonchev–Trinajstić information content (AvgIpc) is 2.60. The van der Waals surface area contributed by atoms with Crippen molar-refractivity contribution >= 4 is 35.1 Å². The standard InChI is InChI=1S/C12H15Cl2N3O3/c13-8-6-9(15-11(8)14)12(20)17-3-1-2-16(4-5-17)7-10(18)19/h6,15H,1-5,7H2,(H,18,19). The van der Waals surface area contributed by atoms with E-state index in [0.717, 1.165) is 6.42 Å². The second-order valence-electron chi connectivity index (χ2n) is 4.66. The van der Waals surface area contributed by atoms with Crippen molar-refractivity contribution in [2.45, 2.75) is 6.42 Å². The average molecular weight is 320 g/mol. The van der Waals surface area contributed by atoms with Gasteiger partial charge in [0, 0.05) is 26.2 Å². The van der Waals surface area contributed by atoms with Gasteiger partial charge in [-0.15, -0.1) is 0 Å². The van der Waals surface area contributed by atoms with Crippen LogP contribution in [0.5, 0.6) is 0 Å². The highest BCUT2D eigenvalue weighted by Crippen LogP contribution is 2.22. The largest absolute Gasteiger partial charge is 0.480 e. The fraction of sp³-hybridized carbons (Fsp3) is 0.500. The Labute approximate surface area is 126 Å². The molecule has 1 aliphatic heterocycles. The molecule has 1 aromatic heterocycles. The molecule has 2 N–H and O–H groups in total. The Balaban J connectivity index is 1.99. The van der Waals surface area contributed by atoms with Crippen molar-refractivity contribution in [2.24, 2.45) is 0 Å². The zero-order valence-electron chi connectivity index (χ0n) is 10.7. The summed E-state index contributed by atoms with van der Waals surface area (Å²) in [5, 5.41) is 9.35. The van der Waals surface area contributed by atoms with Crippen LogP contribution in [0.3, 0.4) is 0 Å². The Morgan fingerprint density at radius 1 is 1.25 bits per heavy atom. The molecule has 0 spiro atoms. The number of amides is 1. The summed E-state index contributed by atoms with van der Waals surface area (Å²) in [7, 11) is 0. The van der Waals surface area contributed by atoms with Crippen LogP contribution in [-0.4, -0.2) is 64.5 Å². The third-order valence-corrected chi connectivity index (χ3v) is 3.88. The van der Waals surface area contributed by atoms with Crippen LogP contribution in [0.1, 0.15) is 16.9 Å². The highest BCUT2D eigenvalue weighted by atomic mass is 35.5. The molecule has 2 rings (SSSR count). The van der Waals surface area contributed by atoms with Crippen molar-refractivity contribution in [3.05, 3.63) is 21.9 Å². The Morgan fingerprint density at radius 3 is 2.60 bits per heavy atom. The van der Waals surface area contributed by atoms with Gasteiger partial charge in [0.1, 0.15) is 10.8 Å². The molecule has 1 fully saturated rings. The van der Waals surface area contributed by atoms with Gasteiger partial charge in [0.15, 0.2) is 0 Å². The summed E-state index contributed by atoms with van der Waals surface area (Å²) in [5.74, 6) is -1.02. The maximum atomic E-state index is 12.3. The van der Waals surface area contributed by atoms with Crippen LogP contribution < -0.4 is 0 Å². The molecule has 1 saturated heterocycles. The first-order valence-corrected chi connectivity index (χ1v) is 7.00. The number of carboxylic acid groups (broad SMARTS) is 1. The molecule has 8 heteroatoms. The van der Waals surface area contributed by atoms with Crippen LogP contribution in [0.25, 0.3) is 0 Å². The van der Waals surface area contributed by atoms with E-state index in [1.807, 2.05) is 4.90 Å². The highest BCUT2D eigenvalue weighted by Gasteiger charge is 2.22. The minimum absolute atomic E-state index is 0.00217. The van der Waals surface area contributed by atoms with Gasteiger partial charge in [0.2, 0.25) is 0 Å². The number of aromatic nitrogens is 1. The van der Waals surface area contributed by atoms with Crippen LogP contribution in [0.2, 0.25) is 10.2 Å². The van der Waals surface area contributed by atoms with E-state index in [-0.39, 0.29) is 17.6 Å². The number of carbonyl (C=O) groups excluding carboxylic acids is 1. The van der Waals surface area contributed by atoms with E-state index in [4.69, 9.17) is 28.3 Å². The molecule has 0 atom stereocenters. The van der Waals surface area contributed by atoms with Crippen LogP contribution in [0, 0.1) is 0 Å². The lowest BCUT2D eigenvalue weighted by Gasteiger charge is -2.20. The zero-order valence-corrected chi connectivity index (χ0v) is 12.2. The molecule has 110 valence electrons. The number of carboxylic acids is 1. The summed E-state index contributed by atoms with van der Waals surface area (Å²) in [5.41, 5.74) is 0.353. The molecule has 0 bridgehead atoms. The summed E-state index contributed by atoms with van der Waals surface area (Å²) in [6.45, 7) is 2.29. The van der Waals surface area contributed by atoms with Crippen molar-refractivity contribution in [1.82, 2.24) is 14.8 Å². The van der Waals surface area contributed by atoms with Gasteiger partial charge < -0.3 is 15.0 Å². The normalized spacial score (nSPS) is 17.0. The van der Waals surface area contributed by atoms with Gasteiger partial charge in [0.05, 0.1) is 11.6 Å². The zero-order chi connectivity index (χ0) is 14.7. The molecule has 6 nitrogen and oxygen atoms in total. The van der Waals surface area contributed by atoms with E-state index in [0.29, 0.717) is 36.9 Å². The van der Waals surface area contributed by atoms with Gasteiger partial charge in [-0.2, -0.15) is 0 Å². The number of rotatable bonds is 3. The molecule has 0 saturated carbocycles. The van der Waals surface area contributed by atoms with E-state index in [9.17, 15) is 9.59 Å². The number of nitrogens with zero attached hydrogens (tertiary/aromatic N) is 2. The topological polar surface area (TPSA) is 76.6 Å². The van der Waals surface area contributed by atoms with Crippen LogP contribution in [0.4, 0.5) is 0 Å². The Hall–Kier alpha value is -1.24. The third kappa shape index (κ3) is 3.65. The molecule has 1 amide bonds. The van der Waals surface area contributed by atoms with Crippen molar-refractivity contribution in [1.29, 1.82) is 0 Å². The molecular formula is C12H15Cl2N3O3. The van der Waals surface area contributed by atoms with Crippen LogP contribution >= 0.6 is 23.2 Å². The van der Waals surface area contributed by atoms with Crippen molar-refractivity contribution in [2.75, 3.05) is 32.7 Å². The predicted molar refractivity (Wildman–Crippen MR) is 75.4 cm³/mol. The maximum Gasteiger partial charge on any atom is 0.317 e. The number of nitrogens with one attached hydrogen (secondary N) is 1. The molecule has 20 heavy (non-hydrogen) atoms. The van der Waals surface area contributed by atoms with Crippen molar-refractivity contribution in [3.8, 4) is 0 Å². The van der Waals surface area contributed by atoms with Crippen LogP contribution in [0.15, 0.2) is 6.07 Å². The first-order valence-electron chi connectivity index (χ1n) is 6.25. The SMILES string of the molecule is O=C(O)CN1CCCN(C(=O)c2cc(Cl)c(Cl)[nH]2)CC1. The quantitative estimate of drug-likeness (QED) is 0.886. The minimum Gasteiger partial charge on any atom is -0.480 e. The molecule has 1 aromatic rings. The van der Waals surface area contributed by atoms with Gasteiger partial charge in [0.25, 0.3) is 5.91 Å². The second kappa shape index (κ2) is 6.47. The number of aromatic amines is 1. The lowest BCUT2D eigenvalue weighted by molar-refractivity contribution is -0.138. The van der Waals surface area contributed by atoms with Gasteiger partial charge in [-0.25, -0.2) is 0 Å². The molecule has 1 aliphatic rings. The lowest BCUT2D eigenvalue weighted by Crippen LogP contribution is -2.36. The first-order chi connectivity index (χ1) is 9.47. The second-order valence-corrected chi connectivity index (χ2v) is 5.45. The summed E-state index contributed by atoms with van der Waals surface area (Å²) in [4.78, 5) is 29.2. The van der Waals surface area contributed by atoms with Gasteiger partial charge in [-0.1, -0.05) is 23.2 Å². The first kappa shape index (κ1) is 15.2. The molecule has 0 radical (unpaired) electrons. The van der Waals surface area contributed by atoms with Crippen LogP contribution in [-0.2, 0) is 4.79 Å². The predicted octanol–water partition coefficient (Wildman–Crippen LogP) is 1.55. The fourth-order valence-corrected chi connectivity index (χ4v) is 2.53. The van der Waals surface area contributed by atoms with Crippen molar-refractivity contribution < 1.29 is 14.7 Å². The summed E-state index contributed by atoms with van der Waals surface area (Å²) in [6.07, 6.45) is 0.737. The molecular weight excluding hydrogens is 305 g/mol. The number of hydrogen-bond acceptors (Lipinski definition) is 3. The highest BCUT2D eigenvalue weighted by molar-refractivity contribution is 6.41. The fourth-order valence-electron chi connectivity index (χ4n) is 2.21. The van der Waals surface area contributed by atoms with E-state index >= 15 is 0 Å². The van der Waals surface area contributed by atoms with Crippen molar-refractivity contribution in [3.63, 3.8) is 0 Å². The summed E-state index contributed by atoms with van der Waals surface area (Å²) >= 11 is 11.6.